The molecule has 0 amide bonds. The third-order valence-corrected chi connectivity index (χ3v) is 6.43. The Morgan fingerprint density at radius 1 is 0.750 bits per heavy atom. The van der Waals surface area contributed by atoms with Crippen LogP contribution in [0.3, 0.4) is 0 Å². The lowest BCUT2D eigenvalue weighted by Crippen LogP contribution is -2.53. The van der Waals surface area contributed by atoms with E-state index in [1.165, 1.54) is 55.0 Å². The van der Waals surface area contributed by atoms with Gasteiger partial charge in [-0.1, -0.05) is 60.1 Å². The van der Waals surface area contributed by atoms with E-state index in [0.29, 0.717) is 0 Å². The molecule has 2 aliphatic rings. The topological polar surface area (TPSA) is 28.7 Å². The molecule has 0 fully saturated rings. The minimum absolute atomic E-state index is 0.231. The minimum Gasteiger partial charge on any atom is -0.310 e. The van der Waals surface area contributed by atoms with E-state index in [2.05, 4.69) is 83.4 Å². The Morgan fingerprint density at radius 2 is 1.61 bits per heavy atom. The first-order valence-corrected chi connectivity index (χ1v) is 9.56. The van der Waals surface area contributed by atoms with Gasteiger partial charge in [0.15, 0.2) is 0 Å². The minimum atomic E-state index is 0.231. The van der Waals surface area contributed by atoms with Crippen molar-refractivity contribution < 1.29 is 0 Å². The second-order valence-corrected chi connectivity index (χ2v) is 7.68. The molecule has 0 bridgehead atoms. The molecule has 5 aromatic rings. The maximum atomic E-state index is 9.40. The highest BCUT2D eigenvalue weighted by Gasteiger charge is 2.40. The van der Waals surface area contributed by atoms with Crippen LogP contribution in [0.4, 0.5) is 0 Å². The van der Waals surface area contributed by atoms with Crippen LogP contribution in [0.25, 0.3) is 38.6 Å². The summed E-state index contributed by atoms with van der Waals surface area (Å²) in [5, 5.41) is 12.0. The van der Waals surface area contributed by atoms with Crippen LogP contribution in [0.1, 0.15) is 5.56 Å². The zero-order valence-electron chi connectivity index (χ0n) is 15.0. The van der Waals surface area contributed by atoms with Crippen LogP contribution in [0.15, 0.2) is 78.9 Å². The Labute approximate surface area is 162 Å². The average molecular weight is 352 g/mol. The van der Waals surface area contributed by atoms with Crippen LogP contribution >= 0.6 is 0 Å². The fraction of sp³-hybridized carbons (Fsp3) is 0. The number of para-hydroxylation sites is 2. The standard InChI is InChI=1S/C25H13BN2/c27-14-15-11-12-20-19(13-15)17-6-4-10-23-24(17)26(20)21-8-3-7-18-16-5-1-2-9-22(16)28(23)25(18)21/h1-13H. The smallest absolute Gasteiger partial charge is 0.248 e. The van der Waals surface area contributed by atoms with Crippen molar-refractivity contribution in [3.63, 3.8) is 0 Å². The number of nitrogens with zero attached hydrogens (tertiary/aromatic N) is 2. The van der Waals surface area contributed by atoms with Crippen LogP contribution in [-0.2, 0) is 0 Å². The van der Waals surface area contributed by atoms with Gasteiger partial charge in [0, 0.05) is 22.0 Å². The lowest BCUT2D eigenvalue weighted by Gasteiger charge is -2.24. The second kappa shape index (κ2) is 4.74. The first-order valence-electron chi connectivity index (χ1n) is 9.56. The summed E-state index contributed by atoms with van der Waals surface area (Å²) in [7, 11) is 0. The van der Waals surface area contributed by atoms with Crippen molar-refractivity contribution in [2.45, 2.75) is 0 Å². The Balaban J connectivity index is 1.73. The molecular weight excluding hydrogens is 339 g/mol. The van der Waals surface area contributed by atoms with E-state index in [1.807, 2.05) is 6.07 Å². The molecule has 0 radical (unpaired) electrons. The highest BCUT2D eigenvalue weighted by atomic mass is 15.0. The predicted molar refractivity (Wildman–Crippen MR) is 116 cm³/mol. The van der Waals surface area contributed by atoms with Gasteiger partial charge in [-0.3, -0.25) is 0 Å². The van der Waals surface area contributed by atoms with Crippen molar-refractivity contribution in [2.24, 2.45) is 0 Å². The number of rotatable bonds is 0. The molecule has 0 saturated carbocycles. The fourth-order valence-electron chi connectivity index (χ4n) is 5.40. The Bertz CT molecular complexity index is 1530. The van der Waals surface area contributed by atoms with Gasteiger partial charge in [0.1, 0.15) is 0 Å². The number of benzene rings is 4. The predicted octanol–water partition coefficient (Wildman–Crippen LogP) is 3.47. The van der Waals surface area contributed by atoms with Crippen LogP contribution < -0.4 is 16.4 Å². The molecule has 7 rings (SSSR count). The Hall–Kier alpha value is -3.77. The van der Waals surface area contributed by atoms with Crippen molar-refractivity contribution in [1.29, 1.82) is 5.26 Å². The van der Waals surface area contributed by atoms with E-state index in [9.17, 15) is 5.26 Å². The molecule has 0 unspecified atom stereocenters. The number of nitriles is 1. The molecule has 4 aromatic carbocycles. The third kappa shape index (κ3) is 1.48. The van der Waals surface area contributed by atoms with Crippen molar-refractivity contribution >= 4 is 44.9 Å². The lowest BCUT2D eigenvalue weighted by atomic mass is 9.37. The van der Waals surface area contributed by atoms with Gasteiger partial charge >= 0.3 is 0 Å². The lowest BCUT2D eigenvalue weighted by molar-refractivity contribution is 1.19. The van der Waals surface area contributed by atoms with E-state index in [1.54, 1.807) is 0 Å². The Morgan fingerprint density at radius 3 is 2.54 bits per heavy atom. The van der Waals surface area contributed by atoms with Gasteiger partial charge in [0.2, 0.25) is 6.71 Å². The molecular formula is C25H13BN2. The van der Waals surface area contributed by atoms with Crippen molar-refractivity contribution in [3.8, 4) is 22.9 Å². The molecule has 3 heteroatoms. The summed E-state index contributed by atoms with van der Waals surface area (Å²) in [6, 6.07) is 30.4. The molecule has 0 aliphatic carbocycles. The molecule has 1 aromatic heterocycles. The van der Waals surface area contributed by atoms with Crippen molar-refractivity contribution in [1.82, 2.24) is 4.57 Å². The fourth-order valence-corrected chi connectivity index (χ4v) is 5.40. The highest BCUT2D eigenvalue weighted by Crippen LogP contribution is 2.36. The summed E-state index contributed by atoms with van der Waals surface area (Å²) in [6.45, 7) is 0.231. The second-order valence-electron chi connectivity index (χ2n) is 7.68. The largest absolute Gasteiger partial charge is 0.310 e. The molecule has 126 valence electrons. The van der Waals surface area contributed by atoms with Gasteiger partial charge in [-0.2, -0.15) is 5.26 Å². The molecule has 0 saturated heterocycles. The van der Waals surface area contributed by atoms with Gasteiger partial charge < -0.3 is 4.57 Å². The number of hydrogen-bond acceptors (Lipinski definition) is 1. The van der Waals surface area contributed by atoms with Gasteiger partial charge in [0.05, 0.1) is 17.1 Å². The molecule has 2 aliphatic heterocycles. The van der Waals surface area contributed by atoms with Crippen LogP contribution in [0.5, 0.6) is 0 Å². The summed E-state index contributed by atoms with van der Waals surface area (Å²) in [4.78, 5) is 0. The van der Waals surface area contributed by atoms with Crippen molar-refractivity contribution in [2.75, 3.05) is 0 Å². The number of hydrogen-bond donors (Lipinski definition) is 0. The van der Waals surface area contributed by atoms with Crippen molar-refractivity contribution in [3.05, 3.63) is 84.4 Å². The molecule has 28 heavy (non-hydrogen) atoms. The zero-order valence-corrected chi connectivity index (χ0v) is 15.0. The van der Waals surface area contributed by atoms with E-state index in [-0.39, 0.29) is 6.71 Å². The van der Waals surface area contributed by atoms with E-state index >= 15 is 0 Å². The summed E-state index contributed by atoms with van der Waals surface area (Å²) in [5.74, 6) is 0. The zero-order chi connectivity index (χ0) is 18.4. The Kier molecular flexibility index (Phi) is 2.42. The highest BCUT2D eigenvalue weighted by molar-refractivity contribution is 7.01. The van der Waals surface area contributed by atoms with Gasteiger partial charge in [-0.25, -0.2) is 0 Å². The van der Waals surface area contributed by atoms with Crippen LogP contribution in [0.2, 0.25) is 0 Å². The summed E-state index contributed by atoms with van der Waals surface area (Å²) in [5.41, 5.74) is 11.1. The average Bonchev–Trinajstić information content (AvgIpc) is 3.27. The van der Waals surface area contributed by atoms with Gasteiger partial charge in [-0.05, 0) is 46.3 Å². The number of fused-ring (bicyclic) bond motifs is 8. The molecule has 0 atom stereocenters. The molecule has 3 heterocycles. The first kappa shape index (κ1) is 14.3. The maximum absolute atomic E-state index is 9.40. The van der Waals surface area contributed by atoms with Crippen LogP contribution in [-0.4, -0.2) is 11.3 Å². The third-order valence-electron chi connectivity index (χ3n) is 6.43. The SMILES string of the molecule is N#Cc1ccc2c(c1)-c1cccc3c1B2c1cccc2c4ccccc4n-3c12. The molecule has 0 spiro atoms. The van der Waals surface area contributed by atoms with E-state index < -0.39 is 0 Å². The maximum Gasteiger partial charge on any atom is 0.248 e. The molecule has 0 N–H and O–H groups in total. The number of aromatic nitrogens is 1. The van der Waals surface area contributed by atoms with E-state index in [4.69, 9.17) is 0 Å². The van der Waals surface area contributed by atoms with Crippen LogP contribution in [0, 0.1) is 11.3 Å². The monoisotopic (exact) mass is 352 g/mol. The summed E-state index contributed by atoms with van der Waals surface area (Å²) < 4.78 is 2.44. The van der Waals surface area contributed by atoms with Gasteiger partial charge in [-0.15, -0.1) is 0 Å². The molecule has 2 nitrogen and oxygen atoms in total. The first-order chi connectivity index (χ1) is 13.9. The quantitative estimate of drug-likeness (QED) is 0.384. The normalized spacial score (nSPS) is 12.9. The van der Waals surface area contributed by atoms with E-state index in [0.717, 1.165) is 5.56 Å². The summed E-state index contributed by atoms with van der Waals surface area (Å²) >= 11 is 0. The van der Waals surface area contributed by atoms with Gasteiger partial charge in [0.25, 0.3) is 0 Å². The summed E-state index contributed by atoms with van der Waals surface area (Å²) in [6.07, 6.45) is 0.